The van der Waals surface area contributed by atoms with E-state index in [9.17, 15) is 0 Å². The second-order valence-corrected chi connectivity index (χ2v) is 5.57. The van der Waals surface area contributed by atoms with Gasteiger partial charge in [0.25, 0.3) is 0 Å². The maximum Gasteiger partial charge on any atom is 0.180 e. The molecular weight excluding hydrogens is 290 g/mol. The summed E-state index contributed by atoms with van der Waals surface area (Å²) in [5.41, 5.74) is 7.57. The Morgan fingerprint density at radius 2 is 2.00 bits per heavy atom. The van der Waals surface area contributed by atoms with Crippen molar-refractivity contribution in [3.63, 3.8) is 0 Å². The standard InChI is InChI=1S/C15H20ClN3O2/c1-9(2)7-19-8-18-13(15(19)17)10-5-6-11(20-3)14(21-4)12(10)16/h5-6,8-9H,7,17H2,1-4H3. The molecule has 2 N–H and O–H groups in total. The molecule has 0 atom stereocenters. The molecule has 0 bridgehead atoms. The van der Waals surface area contributed by atoms with Crippen LogP contribution in [0, 0.1) is 5.92 Å². The lowest BCUT2D eigenvalue weighted by Gasteiger charge is -2.13. The Balaban J connectivity index is 2.50. The third kappa shape index (κ3) is 2.93. The Morgan fingerprint density at radius 1 is 1.29 bits per heavy atom. The molecule has 0 aliphatic carbocycles. The molecular formula is C15H20ClN3O2. The van der Waals surface area contributed by atoms with E-state index in [-0.39, 0.29) is 0 Å². The third-order valence-electron chi connectivity index (χ3n) is 3.18. The number of imidazole rings is 1. The van der Waals surface area contributed by atoms with Gasteiger partial charge in [-0.05, 0) is 18.1 Å². The highest BCUT2D eigenvalue weighted by atomic mass is 35.5. The fourth-order valence-corrected chi connectivity index (χ4v) is 2.53. The Morgan fingerprint density at radius 3 is 2.57 bits per heavy atom. The smallest absolute Gasteiger partial charge is 0.180 e. The third-order valence-corrected chi connectivity index (χ3v) is 3.56. The first-order valence-corrected chi connectivity index (χ1v) is 7.08. The van der Waals surface area contributed by atoms with Crippen LogP contribution in [0.3, 0.4) is 0 Å². The minimum atomic E-state index is 0.443. The largest absolute Gasteiger partial charge is 0.493 e. The highest BCUT2D eigenvalue weighted by Crippen LogP contribution is 2.42. The van der Waals surface area contributed by atoms with Gasteiger partial charge < -0.3 is 19.8 Å². The van der Waals surface area contributed by atoms with Crippen LogP contribution in [-0.4, -0.2) is 23.8 Å². The van der Waals surface area contributed by atoms with E-state index in [4.69, 9.17) is 26.8 Å². The lowest BCUT2D eigenvalue weighted by molar-refractivity contribution is 0.355. The van der Waals surface area contributed by atoms with E-state index in [0.29, 0.717) is 34.0 Å². The number of halogens is 1. The van der Waals surface area contributed by atoms with Crippen molar-refractivity contribution < 1.29 is 9.47 Å². The van der Waals surface area contributed by atoms with Gasteiger partial charge in [-0.1, -0.05) is 25.4 Å². The van der Waals surface area contributed by atoms with Crippen molar-refractivity contribution in [2.24, 2.45) is 5.92 Å². The van der Waals surface area contributed by atoms with Gasteiger partial charge in [0, 0.05) is 12.1 Å². The van der Waals surface area contributed by atoms with E-state index in [1.807, 2.05) is 10.6 Å². The predicted molar refractivity (Wildman–Crippen MR) is 85.0 cm³/mol. The van der Waals surface area contributed by atoms with Crippen molar-refractivity contribution >= 4 is 17.4 Å². The van der Waals surface area contributed by atoms with Gasteiger partial charge in [-0.3, -0.25) is 0 Å². The van der Waals surface area contributed by atoms with E-state index >= 15 is 0 Å². The lowest BCUT2D eigenvalue weighted by Crippen LogP contribution is -2.06. The number of nitrogen functional groups attached to an aromatic ring is 1. The molecule has 6 heteroatoms. The van der Waals surface area contributed by atoms with Crippen LogP contribution >= 0.6 is 11.6 Å². The highest BCUT2D eigenvalue weighted by molar-refractivity contribution is 6.35. The zero-order valence-corrected chi connectivity index (χ0v) is 13.4. The average Bonchev–Trinajstić information content (AvgIpc) is 2.79. The molecule has 0 aliphatic rings. The summed E-state index contributed by atoms with van der Waals surface area (Å²) in [5.74, 6) is 2.13. The molecule has 2 aromatic rings. The van der Waals surface area contributed by atoms with Gasteiger partial charge in [0.15, 0.2) is 11.5 Å². The Kier molecular flexibility index (Phi) is 4.63. The number of hydrogen-bond acceptors (Lipinski definition) is 4. The monoisotopic (exact) mass is 309 g/mol. The van der Waals surface area contributed by atoms with Crippen molar-refractivity contribution in [1.29, 1.82) is 0 Å². The second-order valence-electron chi connectivity index (χ2n) is 5.19. The van der Waals surface area contributed by atoms with Crippen molar-refractivity contribution in [2.75, 3.05) is 20.0 Å². The number of methoxy groups -OCH3 is 2. The van der Waals surface area contributed by atoms with E-state index in [1.165, 1.54) is 0 Å². The Labute approximate surface area is 129 Å². The van der Waals surface area contributed by atoms with Crippen LogP contribution in [0.15, 0.2) is 18.5 Å². The molecule has 0 radical (unpaired) electrons. The fraction of sp³-hybridized carbons (Fsp3) is 0.400. The molecule has 114 valence electrons. The number of rotatable bonds is 5. The molecule has 0 spiro atoms. The zero-order valence-electron chi connectivity index (χ0n) is 12.7. The first-order valence-electron chi connectivity index (χ1n) is 6.71. The molecule has 0 amide bonds. The molecule has 1 aromatic carbocycles. The molecule has 5 nitrogen and oxygen atoms in total. The van der Waals surface area contributed by atoms with Gasteiger partial charge in [-0.2, -0.15) is 0 Å². The Hall–Kier alpha value is -1.88. The minimum Gasteiger partial charge on any atom is -0.493 e. The van der Waals surface area contributed by atoms with E-state index in [0.717, 1.165) is 12.1 Å². The summed E-state index contributed by atoms with van der Waals surface area (Å²) in [6.07, 6.45) is 1.73. The molecule has 2 rings (SSSR count). The molecule has 1 heterocycles. The zero-order chi connectivity index (χ0) is 15.6. The summed E-state index contributed by atoms with van der Waals surface area (Å²) < 4.78 is 12.5. The molecule has 21 heavy (non-hydrogen) atoms. The number of anilines is 1. The summed E-state index contributed by atoms with van der Waals surface area (Å²) in [6.45, 7) is 5.06. The van der Waals surface area contributed by atoms with Crippen LogP contribution in [0.2, 0.25) is 5.02 Å². The van der Waals surface area contributed by atoms with Gasteiger partial charge >= 0.3 is 0 Å². The molecule has 0 saturated heterocycles. The van der Waals surface area contributed by atoms with Crippen LogP contribution in [-0.2, 0) is 6.54 Å². The fourth-order valence-electron chi connectivity index (χ4n) is 2.21. The summed E-state index contributed by atoms with van der Waals surface area (Å²) >= 11 is 6.40. The van der Waals surface area contributed by atoms with Gasteiger partial charge in [-0.15, -0.1) is 0 Å². The maximum atomic E-state index is 6.40. The number of ether oxygens (including phenoxy) is 2. The van der Waals surface area contributed by atoms with Crippen LogP contribution < -0.4 is 15.2 Å². The summed E-state index contributed by atoms with van der Waals surface area (Å²) in [4.78, 5) is 4.39. The van der Waals surface area contributed by atoms with E-state index in [2.05, 4.69) is 18.8 Å². The van der Waals surface area contributed by atoms with Crippen LogP contribution in [0.4, 0.5) is 5.82 Å². The number of nitrogens with two attached hydrogens (primary N) is 1. The van der Waals surface area contributed by atoms with Gasteiger partial charge in [0.1, 0.15) is 11.5 Å². The second kappa shape index (κ2) is 6.26. The van der Waals surface area contributed by atoms with Crippen molar-refractivity contribution in [3.05, 3.63) is 23.5 Å². The number of benzene rings is 1. The predicted octanol–water partition coefficient (Wildman–Crippen LogP) is 3.46. The molecule has 0 fully saturated rings. The summed E-state index contributed by atoms with van der Waals surface area (Å²) in [5, 5.41) is 0.443. The lowest BCUT2D eigenvalue weighted by atomic mass is 10.1. The number of hydrogen-bond donors (Lipinski definition) is 1. The summed E-state index contributed by atoms with van der Waals surface area (Å²) in [6, 6.07) is 3.63. The topological polar surface area (TPSA) is 62.3 Å². The van der Waals surface area contributed by atoms with Crippen molar-refractivity contribution in [1.82, 2.24) is 9.55 Å². The molecule has 0 saturated carbocycles. The van der Waals surface area contributed by atoms with Gasteiger partial charge in [0.2, 0.25) is 0 Å². The van der Waals surface area contributed by atoms with Crippen LogP contribution in [0.1, 0.15) is 13.8 Å². The maximum absolute atomic E-state index is 6.40. The molecule has 0 unspecified atom stereocenters. The summed E-state index contributed by atoms with van der Waals surface area (Å²) in [7, 11) is 3.12. The van der Waals surface area contributed by atoms with Crippen molar-refractivity contribution in [3.8, 4) is 22.8 Å². The quantitative estimate of drug-likeness (QED) is 0.918. The first-order chi connectivity index (χ1) is 9.99. The van der Waals surface area contributed by atoms with Gasteiger partial charge in [0.05, 0.1) is 25.6 Å². The normalized spacial score (nSPS) is 11.0. The highest BCUT2D eigenvalue weighted by Gasteiger charge is 2.19. The molecule has 0 aliphatic heterocycles. The molecule has 1 aromatic heterocycles. The van der Waals surface area contributed by atoms with E-state index < -0.39 is 0 Å². The minimum absolute atomic E-state index is 0.443. The number of nitrogens with zero attached hydrogens (tertiary/aromatic N) is 2. The van der Waals surface area contributed by atoms with E-state index in [1.54, 1.807) is 26.6 Å². The number of aromatic nitrogens is 2. The van der Waals surface area contributed by atoms with Crippen molar-refractivity contribution in [2.45, 2.75) is 20.4 Å². The average molecular weight is 310 g/mol. The SMILES string of the molecule is COc1ccc(-c2ncn(CC(C)C)c2N)c(Cl)c1OC. The Bertz CT molecular complexity index is 638. The van der Waals surface area contributed by atoms with Crippen LogP contribution in [0.5, 0.6) is 11.5 Å². The van der Waals surface area contributed by atoms with Crippen LogP contribution in [0.25, 0.3) is 11.3 Å². The van der Waals surface area contributed by atoms with Gasteiger partial charge in [-0.25, -0.2) is 4.98 Å². The first kappa shape index (κ1) is 15.5.